The van der Waals surface area contributed by atoms with Crippen molar-refractivity contribution in [3.8, 4) is 0 Å². The predicted octanol–water partition coefficient (Wildman–Crippen LogP) is 0.889. The largest absolute Gasteiger partial charge is 0.480 e. The summed E-state index contributed by atoms with van der Waals surface area (Å²) in [6.45, 7) is 7.51. The molecule has 0 aromatic rings. The van der Waals surface area contributed by atoms with E-state index in [4.69, 9.17) is 21.7 Å². The zero-order valence-electron chi connectivity index (χ0n) is 11.6. The Hall–Kier alpha value is -1.14. The van der Waals surface area contributed by atoms with Gasteiger partial charge >= 0.3 is 11.9 Å². The van der Waals surface area contributed by atoms with Gasteiger partial charge in [-0.05, 0) is 11.8 Å². The van der Waals surface area contributed by atoms with Gasteiger partial charge in [-0.3, -0.25) is 9.59 Å². The molecule has 6 heteroatoms. The van der Waals surface area contributed by atoms with E-state index in [2.05, 4.69) is 0 Å². The van der Waals surface area contributed by atoms with E-state index in [0.29, 0.717) is 0 Å². The highest BCUT2D eigenvalue weighted by Crippen LogP contribution is 2.04. The number of aliphatic carboxylic acids is 2. The lowest BCUT2D eigenvalue weighted by molar-refractivity contribution is -0.140. The Labute approximate surface area is 108 Å². The van der Waals surface area contributed by atoms with Crippen LogP contribution in [0.4, 0.5) is 0 Å². The Balaban J connectivity index is 0. The van der Waals surface area contributed by atoms with Gasteiger partial charge in [-0.1, -0.05) is 40.5 Å². The van der Waals surface area contributed by atoms with Gasteiger partial charge < -0.3 is 21.7 Å². The summed E-state index contributed by atoms with van der Waals surface area (Å²) in [7, 11) is 0. The average Bonchev–Trinajstić information content (AvgIpc) is 2.35. The monoisotopic (exact) mass is 262 g/mol. The maximum atomic E-state index is 10.2. The molecule has 0 amide bonds. The van der Waals surface area contributed by atoms with Crippen molar-refractivity contribution in [3.63, 3.8) is 0 Å². The average molecular weight is 262 g/mol. The quantitative estimate of drug-likeness (QED) is 0.563. The third kappa shape index (κ3) is 8.03. The van der Waals surface area contributed by atoms with Crippen LogP contribution < -0.4 is 11.5 Å². The Bertz CT molecular complexity index is 232. The van der Waals surface area contributed by atoms with Crippen LogP contribution >= 0.6 is 0 Å². The highest BCUT2D eigenvalue weighted by molar-refractivity contribution is 5.73. The fourth-order valence-electron chi connectivity index (χ4n) is 0.995. The van der Waals surface area contributed by atoms with Crippen molar-refractivity contribution in [1.29, 1.82) is 0 Å². The lowest BCUT2D eigenvalue weighted by Gasteiger charge is -2.11. The van der Waals surface area contributed by atoms with Crippen molar-refractivity contribution in [2.45, 2.75) is 52.6 Å². The van der Waals surface area contributed by atoms with E-state index >= 15 is 0 Å². The first-order chi connectivity index (χ1) is 8.18. The highest BCUT2D eigenvalue weighted by atomic mass is 16.4. The molecule has 0 aromatic heterocycles. The number of carbonyl (C=O) groups is 2. The van der Waals surface area contributed by atoms with Gasteiger partial charge in [-0.2, -0.15) is 0 Å². The summed E-state index contributed by atoms with van der Waals surface area (Å²) in [5.41, 5.74) is 10.5. The van der Waals surface area contributed by atoms with Crippen molar-refractivity contribution in [2.75, 3.05) is 0 Å². The van der Waals surface area contributed by atoms with Crippen molar-refractivity contribution in [1.82, 2.24) is 0 Å². The molecule has 18 heavy (non-hydrogen) atoms. The predicted molar refractivity (Wildman–Crippen MR) is 70.1 cm³/mol. The van der Waals surface area contributed by atoms with E-state index in [9.17, 15) is 9.59 Å². The Morgan fingerprint density at radius 2 is 1.11 bits per heavy atom. The van der Waals surface area contributed by atoms with Crippen LogP contribution in [0.3, 0.4) is 0 Å². The van der Waals surface area contributed by atoms with Crippen LogP contribution in [-0.4, -0.2) is 34.2 Å². The van der Waals surface area contributed by atoms with E-state index in [-0.39, 0.29) is 11.8 Å². The standard InChI is InChI=1S/2C6H13NO2/c2*1-3-4(2)5(7)6(8)9/h2*4-5H,3,7H2,1-2H3,(H,8,9)/t2*4-,5-/m10/s1. The van der Waals surface area contributed by atoms with Crippen LogP contribution in [-0.2, 0) is 9.59 Å². The van der Waals surface area contributed by atoms with Crippen molar-refractivity contribution >= 4 is 11.9 Å². The van der Waals surface area contributed by atoms with Crippen molar-refractivity contribution in [2.24, 2.45) is 23.3 Å². The zero-order valence-corrected chi connectivity index (χ0v) is 11.6. The Morgan fingerprint density at radius 3 is 1.17 bits per heavy atom. The van der Waals surface area contributed by atoms with Crippen LogP contribution in [0.5, 0.6) is 0 Å². The molecule has 4 atom stereocenters. The summed E-state index contributed by atoms with van der Waals surface area (Å²) < 4.78 is 0. The molecule has 6 nitrogen and oxygen atoms in total. The van der Waals surface area contributed by atoms with Gasteiger partial charge in [-0.25, -0.2) is 0 Å². The van der Waals surface area contributed by atoms with Crippen molar-refractivity contribution < 1.29 is 19.8 Å². The molecule has 0 bridgehead atoms. The molecule has 0 heterocycles. The maximum absolute atomic E-state index is 10.2. The first kappa shape index (κ1) is 19.2. The lowest BCUT2D eigenvalue weighted by atomic mass is 10.0. The first-order valence-electron chi connectivity index (χ1n) is 6.15. The van der Waals surface area contributed by atoms with E-state index in [1.165, 1.54) is 0 Å². The molecule has 0 aromatic carbocycles. The molecule has 0 aliphatic heterocycles. The molecular formula is C12H26N2O4. The van der Waals surface area contributed by atoms with Gasteiger partial charge in [0.2, 0.25) is 0 Å². The second kappa shape index (κ2) is 9.85. The fraction of sp³-hybridized carbons (Fsp3) is 0.833. The van der Waals surface area contributed by atoms with Crippen LogP contribution in [0.1, 0.15) is 40.5 Å². The minimum atomic E-state index is -0.913. The molecule has 0 rings (SSSR count). The molecule has 0 saturated carbocycles. The van der Waals surface area contributed by atoms with E-state index < -0.39 is 24.0 Å². The zero-order chi connectivity index (χ0) is 14.9. The lowest BCUT2D eigenvalue weighted by Crippen LogP contribution is -2.36. The third-order valence-electron chi connectivity index (χ3n) is 3.08. The van der Waals surface area contributed by atoms with E-state index in [1.807, 2.05) is 27.7 Å². The second-order valence-corrected chi connectivity index (χ2v) is 4.50. The minimum absolute atomic E-state index is 0.0718. The van der Waals surface area contributed by atoms with E-state index in [0.717, 1.165) is 12.8 Å². The Kier molecular flexibility index (Phi) is 10.5. The molecular weight excluding hydrogens is 236 g/mol. The summed E-state index contributed by atoms with van der Waals surface area (Å²) in [6.07, 6.45) is 1.63. The summed E-state index contributed by atoms with van der Waals surface area (Å²) in [4.78, 5) is 20.3. The topological polar surface area (TPSA) is 127 Å². The molecule has 0 radical (unpaired) electrons. The number of carboxylic acids is 2. The van der Waals surface area contributed by atoms with Crippen LogP contribution in [0, 0.1) is 11.8 Å². The molecule has 108 valence electrons. The molecule has 0 fully saturated rings. The van der Waals surface area contributed by atoms with Crippen LogP contribution in [0.25, 0.3) is 0 Å². The molecule has 0 unspecified atom stereocenters. The second-order valence-electron chi connectivity index (χ2n) is 4.50. The number of rotatable bonds is 6. The maximum Gasteiger partial charge on any atom is 0.320 e. The molecule has 6 N–H and O–H groups in total. The fourth-order valence-corrected chi connectivity index (χ4v) is 0.995. The van der Waals surface area contributed by atoms with Gasteiger partial charge in [0, 0.05) is 0 Å². The smallest absolute Gasteiger partial charge is 0.320 e. The van der Waals surface area contributed by atoms with Gasteiger partial charge in [0.1, 0.15) is 12.1 Å². The van der Waals surface area contributed by atoms with Crippen LogP contribution in [0.15, 0.2) is 0 Å². The molecule has 0 spiro atoms. The van der Waals surface area contributed by atoms with Gasteiger partial charge in [0.05, 0.1) is 0 Å². The van der Waals surface area contributed by atoms with Gasteiger partial charge in [-0.15, -0.1) is 0 Å². The highest BCUT2D eigenvalue weighted by Gasteiger charge is 2.17. The summed E-state index contributed by atoms with van der Waals surface area (Å²) >= 11 is 0. The van der Waals surface area contributed by atoms with E-state index in [1.54, 1.807) is 0 Å². The van der Waals surface area contributed by atoms with Crippen LogP contribution in [0.2, 0.25) is 0 Å². The minimum Gasteiger partial charge on any atom is -0.480 e. The number of hydrogen-bond acceptors (Lipinski definition) is 4. The van der Waals surface area contributed by atoms with Gasteiger partial charge in [0.15, 0.2) is 0 Å². The SMILES string of the molecule is CC[C@@H](C)[C@@H](N)C(=O)O.CC[C@H](C)[C@H](N)C(=O)O. The molecule has 0 aliphatic rings. The van der Waals surface area contributed by atoms with Crippen molar-refractivity contribution in [3.05, 3.63) is 0 Å². The summed E-state index contributed by atoms with van der Waals surface area (Å²) in [6, 6.07) is -1.40. The number of nitrogens with two attached hydrogens (primary N) is 2. The number of carboxylic acid groups (broad SMARTS) is 2. The third-order valence-corrected chi connectivity index (χ3v) is 3.08. The molecule has 0 aliphatic carbocycles. The Morgan fingerprint density at radius 1 is 0.889 bits per heavy atom. The summed E-state index contributed by atoms with van der Waals surface area (Å²) in [5, 5.41) is 16.7. The normalized spacial score (nSPS) is 16.8. The molecule has 0 saturated heterocycles. The first-order valence-corrected chi connectivity index (χ1v) is 6.15. The summed E-state index contributed by atoms with van der Waals surface area (Å²) in [5.74, 6) is -1.68. The number of hydrogen-bond donors (Lipinski definition) is 4. The van der Waals surface area contributed by atoms with Gasteiger partial charge in [0.25, 0.3) is 0 Å².